The zero-order chi connectivity index (χ0) is 17.9. The van der Waals surface area contributed by atoms with Gasteiger partial charge < -0.3 is 4.74 Å². The maximum absolute atomic E-state index is 11.8. The summed E-state index contributed by atoms with van der Waals surface area (Å²) in [7, 11) is 0. The molecular weight excluding hydrogens is 319 g/mol. The van der Waals surface area contributed by atoms with Crippen LogP contribution in [0.3, 0.4) is 0 Å². The Labute approximate surface area is 179 Å². The number of allylic oxidation sites excluding steroid dienone is 2. The van der Waals surface area contributed by atoms with Gasteiger partial charge in [-0.1, -0.05) is 83.8 Å². The van der Waals surface area contributed by atoms with Gasteiger partial charge in [0.05, 0.1) is 12.5 Å². The van der Waals surface area contributed by atoms with E-state index < -0.39 is 0 Å². The summed E-state index contributed by atoms with van der Waals surface area (Å²) in [5, 5.41) is 0. The normalized spacial score (nSPS) is 12.1. The van der Waals surface area contributed by atoms with E-state index >= 15 is 0 Å². The van der Waals surface area contributed by atoms with Gasteiger partial charge in [-0.05, 0) is 39.0 Å². The number of unbranched alkanes of at least 4 members (excludes halogenated alkanes) is 9. The third-order valence-electron chi connectivity index (χ3n) is 4.58. The number of carbonyl (C=O) groups is 1. The summed E-state index contributed by atoms with van der Waals surface area (Å²) >= 11 is 0. The number of rotatable bonds is 17. The summed E-state index contributed by atoms with van der Waals surface area (Å²) in [5.74, 6) is 0.0824. The fourth-order valence-corrected chi connectivity index (χ4v) is 3.09. The van der Waals surface area contributed by atoms with E-state index in [4.69, 9.17) is 4.74 Å². The number of hydrogen-bond donors (Lipinski definition) is 0. The van der Waals surface area contributed by atoms with Crippen molar-refractivity contribution in [2.75, 3.05) is 6.61 Å². The molecule has 1 atom stereocenters. The van der Waals surface area contributed by atoms with Gasteiger partial charge in [0.25, 0.3) is 0 Å². The molecule has 0 aromatic heterocycles. The zero-order valence-corrected chi connectivity index (χ0v) is 16.7. The molecule has 1 unspecified atom stereocenters. The summed E-state index contributed by atoms with van der Waals surface area (Å²) in [4.78, 5) is 11.8. The second-order valence-electron chi connectivity index (χ2n) is 6.90. The second-order valence-corrected chi connectivity index (χ2v) is 6.90. The SMILES string of the molecule is CCCCCCCCCCCC=CCCC(CCC)C(=O)OCC.[NaH]. The van der Waals surface area contributed by atoms with E-state index in [1.54, 1.807) is 0 Å². The predicted octanol–water partition coefficient (Wildman–Crippen LogP) is 6.57. The van der Waals surface area contributed by atoms with E-state index in [2.05, 4.69) is 26.0 Å². The average Bonchev–Trinajstić information content (AvgIpc) is 2.58. The van der Waals surface area contributed by atoms with Crippen LogP contribution in [0.4, 0.5) is 0 Å². The van der Waals surface area contributed by atoms with E-state index in [1.807, 2.05) is 6.92 Å². The van der Waals surface area contributed by atoms with Gasteiger partial charge in [0.2, 0.25) is 0 Å². The number of ether oxygens (including phenoxy) is 1. The Kier molecular flexibility index (Phi) is 24.4. The molecule has 0 spiro atoms. The quantitative estimate of drug-likeness (QED) is 0.126. The third kappa shape index (κ3) is 18.8. The molecule has 0 aliphatic heterocycles. The average molecular weight is 363 g/mol. The van der Waals surface area contributed by atoms with Gasteiger partial charge in [0.1, 0.15) is 0 Å². The molecule has 0 saturated carbocycles. The van der Waals surface area contributed by atoms with E-state index in [9.17, 15) is 4.79 Å². The first-order chi connectivity index (χ1) is 11.8. The van der Waals surface area contributed by atoms with E-state index in [0.29, 0.717) is 6.61 Å². The van der Waals surface area contributed by atoms with Gasteiger partial charge in [-0.2, -0.15) is 0 Å². The van der Waals surface area contributed by atoms with Crippen LogP contribution in [-0.2, 0) is 9.53 Å². The molecule has 3 heteroatoms. The van der Waals surface area contributed by atoms with Crippen molar-refractivity contribution in [2.45, 2.75) is 111 Å². The van der Waals surface area contributed by atoms with Gasteiger partial charge in [-0.25, -0.2) is 0 Å². The molecule has 0 aliphatic rings. The second kappa shape index (κ2) is 22.3. The Bertz CT molecular complexity index is 302. The standard InChI is InChI=1S/C22H42O2.Na.H/c1-4-7-8-9-10-11-12-13-14-15-16-17-18-20-21(19-5-2)22(23)24-6-3;;/h16-17,21H,4-15,18-20H2,1-3H3;;. The number of carbonyl (C=O) groups excluding carboxylic acids is 1. The molecule has 0 aromatic rings. The van der Waals surface area contributed by atoms with Crippen LogP contribution in [0.2, 0.25) is 0 Å². The van der Waals surface area contributed by atoms with Crippen LogP contribution >= 0.6 is 0 Å². The summed E-state index contributed by atoms with van der Waals surface area (Å²) in [6.45, 7) is 6.78. The molecule has 144 valence electrons. The molecule has 0 aromatic carbocycles. The molecule has 0 amide bonds. The van der Waals surface area contributed by atoms with Crippen molar-refractivity contribution in [2.24, 2.45) is 5.92 Å². The van der Waals surface area contributed by atoms with E-state index in [-0.39, 0.29) is 41.4 Å². The zero-order valence-electron chi connectivity index (χ0n) is 16.7. The van der Waals surface area contributed by atoms with Crippen molar-refractivity contribution in [3.05, 3.63) is 12.2 Å². The molecule has 0 fully saturated rings. The maximum atomic E-state index is 11.8. The Morgan fingerprint density at radius 1 is 0.760 bits per heavy atom. The summed E-state index contributed by atoms with van der Waals surface area (Å²) < 4.78 is 5.16. The number of esters is 1. The van der Waals surface area contributed by atoms with Crippen LogP contribution in [-0.4, -0.2) is 42.1 Å². The first kappa shape index (κ1) is 27.4. The van der Waals surface area contributed by atoms with E-state index in [1.165, 1.54) is 64.2 Å². The van der Waals surface area contributed by atoms with Crippen LogP contribution in [0.25, 0.3) is 0 Å². The van der Waals surface area contributed by atoms with Crippen molar-refractivity contribution < 1.29 is 9.53 Å². The number of hydrogen-bond acceptors (Lipinski definition) is 2. The monoisotopic (exact) mass is 362 g/mol. The van der Waals surface area contributed by atoms with Crippen LogP contribution in [0.1, 0.15) is 111 Å². The fourth-order valence-electron chi connectivity index (χ4n) is 3.09. The predicted molar refractivity (Wildman–Crippen MR) is 112 cm³/mol. The summed E-state index contributed by atoms with van der Waals surface area (Å²) in [6.07, 6.45) is 22.1. The molecular formula is C22H43NaO2. The first-order valence-electron chi connectivity index (χ1n) is 10.6. The van der Waals surface area contributed by atoms with Gasteiger partial charge in [-0.15, -0.1) is 0 Å². The molecule has 0 aliphatic carbocycles. The van der Waals surface area contributed by atoms with Crippen molar-refractivity contribution >= 4 is 35.5 Å². The molecule has 0 N–H and O–H groups in total. The molecule has 0 rings (SSSR count). The molecule has 0 heterocycles. The Morgan fingerprint density at radius 2 is 1.32 bits per heavy atom. The first-order valence-corrected chi connectivity index (χ1v) is 10.6. The third-order valence-corrected chi connectivity index (χ3v) is 4.58. The van der Waals surface area contributed by atoms with Gasteiger partial charge in [0, 0.05) is 0 Å². The van der Waals surface area contributed by atoms with Crippen molar-refractivity contribution in [3.8, 4) is 0 Å². The minimum atomic E-state index is -0.00770. The molecule has 25 heavy (non-hydrogen) atoms. The summed E-state index contributed by atoms with van der Waals surface area (Å²) in [5.41, 5.74) is 0. The molecule has 0 bridgehead atoms. The summed E-state index contributed by atoms with van der Waals surface area (Å²) in [6, 6.07) is 0. The Hall–Kier alpha value is 0.210. The van der Waals surface area contributed by atoms with Gasteiger partial charge >= 0.3 is 35.5 Å². The minimum absolute atomic E-state index is 0. The molecule has 0 saturated heterocycles. The van der Waals surface area contributed by atoms with Crippen molar-refractivity contribution in [3.63, 3.8) is 0 Å². The van der Waals surface area contributed by atoms with E-state index in [0.717, 1.165) is 25.7 Å². The van der Waals surface area contributed by atoms with Crippen LogP contribution < -0.4 is 0 Å². The Balaban J connectivity index is 0. The molecule has 2 nitrogen and oxygen atoms in total. The topological polar surface area (TPSA) is 26.3 Å². The Morgan fingerprint density at radius 3 is 1.88 bits per heavy atom. The van der Waals surface area contributed by atoms with Crippen LogP contribution in [0, 0.1) is 5.92 Å². The fraction of sp³-hybridized carbons (Fsp3) is 0.864. The van der Waals surface area contributed by atoms with Gasteiger partial charge in [-0.3, -0.25) is 4.79 Å². The van der Waals surface area contributed by atoms with Crippen LogP contribution in [0.15, 0.2) is 12.2 Å². The van der Waals surface area contributed by atoms with Crippen LogP contribution in [0.5, 0.6) is 0 Å². The van der Waals surface area contributed by atoms with Crippen molar-refractivity contribution in [1.82, 2.24) is 0 Å². The molecule has 0 radical (unpaired) electrons. The van der Waals surface area contributed by atoms with Gasteiger partial charge in [0.15, 0.2) is 0 Å². The van der Waals surface area contributed by atoms with Crippen molar-refractivity contribution in [1.29, 1.82) is 0 Å².